The minimum Gasteiger partial charge on any atom is -0.490 e. The Balaban J connectivity index is 1.66. The van der Waals surface area contributed by atoms with E-state index in [1.807, 2.05) is 26.0 Å². The molecule has 0 aliphatic carbocycles. The molecule has 164 valence electrons. The third kappa shape index (κ3) is 5.02. The van der Waals surface area contributed by atoms with Crippen LogP contribution in [-0.4, -0.2) is 57.8 Å². The average Bonchev–Trinajstić information content (AvgIpc) is 3.25. The number of nitrogens with one attached hydrogen (secondary N) is 1. The highest BCUT2D eigenvalue weighted by atomic mass is 32.1. The van der Waals surface area contributed by atoms with E-state index >= 15 is 0 Å². The molecule has 0 bridgehead atoms. The molecule has 0 radical (unpaired) electrons. The van der Waals surface area contributed by atoms with E-state index in [1.54, 1.807) is 25.2 Å². The zero-order valence-corrected chi connectivity index (χ0v) is 19.0. The highest BCUT2D eigenvalue weighted by molar-refractivity contribution is 7.18. The Labute approximate surface area is 181 Å². The van der Waals surface area contributed by atoms with Gasteiger partial charge in [0.2, 0.25) is 5.13 Å². The number of unbranched alkanes of at least 4 members (excludes halogenated alkanes) is 1. The van der Waals surface area contributed by atoms with Crippen LogP contribution in [0.25, 0.3) is 10.6 Å². The van der Waals surface area contributed by atoms with Gasteiger partial charge in [-0.05, 0) is 57.4 Å². The third-order valence-corrected chi connectivity index (χ3v) is 6.00. The Kier molecular flexibility index (Phi) is 6.82. The van der Waals surface area contributed by atoms with Gasteiger partial charge >= 0.3 is 6.09 Å². The second kappa shape index (κ2) is 9.18. The van der Waals surface area contributed by atoms with Crippen molar-refractivity contribution in [2.24, 2.45) is 0 Å². The first-order valence-electron chi connectivity index (χ1n) is 10.2. The molecule has 9 heteroatoms. The van der Waals surface area contributed by atoms with Gasteiger partial charge in [0.1, 0.15) is 29.2 Å². The number of hydrogen-bond acceptors (Lipinski definition) is 7. The van der Waals surface area contributed by atoms with Gasteiger partial charge in [-0.2, -0.15) is 0 Å². The lowest BCUT2D eigenvalue weighted by Crippen LogP contribution is -2.42. The smallest absolute Gasteiger partial charge is 0.409 e. The Morgan fingerprint density at radius 2 is 2.07 bits per heavy atom. The number of ether oxygens (including phenoxy) is 2. The summed E-state index contributed by atoms with van der Waals surface area (Å²) in [6.45, 7) is 11.1. The molecule has 1 fully saturated rings. The fourth-order valence-corrected chi connectivity index (χ4v) is 4.34. The predicted molar refractivity (Wildman–Crippen MR) is 117 cm³/mol. The normalized spacial score (nSPS) is 17.9. The highest BCUT2D eigenvalue weighted by Gasteiger charge is 2.42. The van der Waals surface area contributed by atoms with Crippen molar-refractivity contribution in [3.63, 3.8) is 0 Å². The number of nitrogens with zero attached hydrogens (tertiary/aromatic N) is 3. The van der Waals surface area contributed by atoms with Gasteiger partial charge in [-0.3, -0.25) is 4.90 Å². The standard InChI is InChI=1S/C21H30N4O4S/c1-6-7-8-22-19-24-23-18(30-19)15-9-13(2)17(14(3)10-15)28-12-16-11-25(20(26)27)21(4,5)29-16/h9-10,16H,6-8,11-12H2,1-5H3,(H,22,24)(H,26,27). The largest absolute Gasteiger partial charge is 0.490 e. The van der Waals surface area contributed by atoms with Crippen molar-refractivity contribution in [3.8, 4) is 16.3 Å². The molecule has 8 nitrogen and oxygen atoms in total. The van der Waals surface area contributed by atoms with Crippen molar-refractivity contribution in [2.75, 3.05) is 25.0 Å². The second-order valence-corrected chi connectivity index (χ2v) is 9.00. The molecule has 1 aliphatic rings. The van der Waals surface area contributed by atoms with Crippen molar-refractivity contribution in [2.45, 2.75) is 59.3 Å². The molecular weight excluding hydrogens is 404 g/mol. The average molecular weight is 435 g/mol. The Hall–Kier alpha value is -2.39. The van der Waals surface area contributed by atoms with E-state index in [1.165, 1.54) is 4.90 Å². The van der Waals surface area contributed by atoms with Crippen LogP contribution in [0.15, 0.2) is 12.1 Å². The molecule has 30 heavy (non-hydrogen) atoms. The van der Waals surface area contributed by atoms with E-state index in [0.717, 1.165) is 52.0 Å². The number of carboxylic acid groups (broad SMARTS) is 1. The summed E-state index contributed by atoms with van der Waals surface area (Å²) < 4.78 is 11.9. The van der Waals surface area contributed by atoms with Crippen molar-refractivity contribution >= 4 is 22.6 Å². The van der Waals surface area contributed by atoms with E-state index < -0.39 is 11.8 Å². The first-order chi connectivity index (χ1) is 14.2. The lowest BCUT2D eigenvalue weighted by molar-refractivity contribution is -0.0747. The zero-order chi connectivity index (χ0) is 21.9. The predicted octanol–water partition coefficient (Wildman–Crippen LogP) is 4.53. The maximum atomic E-state index is 11.4. The molecule has 1 aliphatic heterocycles. The van der Waals surface area contributed by atoms with Gasteiger partial charge in [-0.25, -0.2) is 4.79 Å². The van der Waals surface area contributed by atoms with Crippen molar-refractivity contribution in [3.05, 3.63) is 23.3 Å². The molecule has 0 spiro atoms. The first-order valence-corrected chi connectivity index (χ1v) is 11.0. The van der Waals surface area contributed by atoms with Crippen LogP contribution in [0.5, 0.6) is 5.75 Å². The minimum atomic E-state index is -0.986. The number of aryl methyl sites for hydroxylation is 2. The second-order valence-electron chi connectivity index (χ2n) is 8.02. The molecule has 2 heterocycles. The van der Waals surface area contributed by atoms with Crippen LogP contribution in [0, 0.1) is 13.8 Å². The summed E-state index contributed by atoms with van der Waals surface area (Å²) in [6.07, 6.45) is 0.941. The Bertz CT molecular complexity index is 876. The van der Waals surface area contributed by atoms with E-state index in [0.29, 0.717) is 6.61 Å². The van der Waals surface area contributed by atoms with Gasteiger partial charge < -0.3 is 19.9 Å². The minimum absolute atomic E-state index is 0.289. The lowest BCUT2D eigenvalue weighted by Gasteiger charge is -2.26. The zero-order valence-electron chi connectivity index (χ0n) is 18.2. The molecule has 1 atom stereocenters. The van der Waals surface area contributed by atoms with Crippen LogP contribution >= 0.6 is 11.3 Å². The molecule has 1 amide bonds. The Morgan fingerprint density at radius 3 is 2.67 bits per heavy atom. The molecule has 1 saturated heterocycles. The maximum absolute atomic E-state index is 11.4. The van der Waals surface area contributed by atoms with E-state index in [2.05, 4.69) is 22.4 Å². The number of hydrogen-bond donors (Lipinski definition) is 2. The maximum Gasteiger partial charge on any atom is 0.409 e. The van der Waals surface area contributed by atoms with Crippen LogP contribution < -0.4 is 10.1 Å². The van der Waals surface area contributed by atoms with Gasteiger partial charge in [-0.15, -0.1) is 10.2 Å². The third-order valence-electron chi connectivity index (χ3n) is 5.07. The topological polar surface area (TPSA) is 96.8 Å². The summed E-state index contributed by atoms with van der Waals surface area (Å²) in [5.74, 6) is 0.791. The van der Waals surface area contributed by atoms with E-state index in [4.69, 9.17) is 9.47 Å². The van der Waals surface area contributed by atoms with Gasteiger partial charge in [0.25, 0.3) is 0 Å². The SMILES string of the molecule is CCCCNc1nnc(-c2cc(C)c(OCC3CN(C(=O)O)C(C)(C)O3)c(C)c2)s1. The number of rotatable bonds is 8. The van der Waals surface area contributed by atoms with Crippen LogP contribution in [0.4, 0.5) is 9.93 Å². The van der Waals surface area contributed by atoms with Crippen molar-refractivity contribution in [1.82, 2.24) is 15.1 Å². The number of aromatic nitrogens is 2. The summed E-state index contributed by atoms with van der Waals surface area (Å²) in [5.41, 5.74) is 2.14. The van der Waals surface area contributed by atoms with Gasteiger partial charge in [0, 0.05) is 12.1 Å². The molecule has 2 aromatic rings. The summed E-state index contributed by atoms with van der Waals surface area (Å²) in [6, 6.07) is 4.09. The molecule has 0 saturated carbocycles. The first kappa shape index (κ1) is 22.3. The van der Waals surface area contributed by atoms with Crippen LogP contribution in [0.3, 0.4) is 0 Å². The van der Waals surface area contributed by atoms with Gasteiger partial charge in [0.05, 0.1) is 6.54 Å². The monoisotopic (exact) mass is 434 g/mol. The van der Waals surface area contributed by atoms with Crippen molar-refractivity contribution in [1.29, 1.82) is 0 Å². The lowest BCUT2D eigenvalue weighted by atomic mass is 10.1. The molecule has 1 aromatic heterocycles. The Morgan fingerprint density at radius 1 is 1.37 bits per heavy atom. The van der Waals surface area contributed by atoms with Gasteiger partial charge in [-0.1, -0.05) is 24.7 Å². The fourth-order valence-electron chi connectivity index (χ4n) is 3.59. The van der Waals surface area contributed by atoms with Gasteiger partial charge in [0.15, 0.2) is 0 Å². The van der Waals surface area contributed by atoms with Crippen molar-refractivity contribution < 1.29 is 19.4 Å². The summed E-state index contributed by atoms with van der Waals surface area (Å²) >= 11 is 1.54. The number of benzene rings is 1. The van der Waals surface area contributed by atoms with E-state index in [9.17, 15) is 9.90 Å². The fraction of sp³-hybridized carbons (Fsp3) is 0.571. The molecule has 1 aromatic carbocycles. The van der Waals surface area contributed by atoms with Crippen LogP contribution in [0.2, 0.25) is 0 Å². The number of carbonyl (C=O) groups is 1. The summed E-state index contributed by atoms with van der Waals surface area (Å²) in [7, 11) is 0. The number of anilines is 1. The summed E-state index contributed by atoms with van der Waals surface area (Å²) in [4.78, 5) is 12.7. The number of amides is 1. The summed E-state index contributed by atoms with van der Waals surface area (Å²) in [5, 5.41) is 22.9. The van der Waals surface area contributed by atoms with Crippen LogP contribution in [-0.2, 0) is 4.74 Å². The molecular formula is C21H30N4O4S. The highest BCUT2D eigenvalue weighted by Crippen LogP contribution is 2.34. The molecule has 3 rings (SSSR count). The van der Waals surface area contributed by atoms with E-state index in [-0.39, 0.29) is 12.6 Å². The molecule has 2 N–H and O–H groups in total. The molecule has 1 unspecified atom stereocenters. The van der Waals surface area contributed by atoms with Crippen LogP contribution in [0.1, 0.15) is 44.7 Å². The quantitative estimate of drug-likeness (QED) is 0.589.